The molecule has 0 radical (unpaired) electrons. The van der Waals surface area contributed by atoms with Crippen molar-refractivity contribution in [2.75, 3.05) is 0 Å². The van der Waals surface area contributed by atoms with Crippen molar-refractivity contribution in [1.29, 1.82) is 0 Å². The molecule has 4 rings (SSSR count). The van der Waals surface area contributed by atoms with Crippen molar-refractivity contribution >= 4 is 21.8 Å². The third-order valence-electron chi connectivity index (χ3n) is 6.04. The number of carbonyl (C=O) groups is 1. The molecule has 5 nitrogen and oxygen atoms in total. The number of rotatable bonds is 2. The van der Waals surface area contributed by atoms with Gasteiger partial charge in [0.05, 0.1) is 0 Å². The van der Waals surface area contributed by atoms with Gasteiger partial charge < -0.3 is 4.18 Å². The summed E-state index contributed by atoms with van der Waals surface area (Å²) in [5.74, 6) is 0.898. The number of hydrogen-bond acceptors (Lipinski definition) is 4. The molecule has 0 unspecified atom stereocenters. The van der Waals surface area contributed by atoms with Crippen LogP contribution in [0.4, 0.5) is 0 Å². The van der Waals surface area contributed by atoms with Gasteiger partial charge in [0.2, 0.25) is 0 Å². The molecule has 3 aliphatic rings. The van der Waals surface area contributed by atoms with Gasteiger partial charge in [0.1, 0.15) is 11.5 Å². The van der Waals surface area contributed by atoms with E-state index in [1.54, 1.807) is 12.1 Å². The molecule has 3 aliphatic carbocycles. The molecule has 1 aromatic rings. The minimum Gasteiger partial charge on any atom is -0.362 e. The Bertz CT molecular complexity index is 867. The fourth-order valence-electron chi connectivity index (χ4n) is 4.85. The summed E-state index contributed by atoms with van der Waals surface area (Å²) in [6.45, 7) is 2.12. The van der Waals surface area contributed by atoms with Gasteiger partial charge in [-0.05, 0) is 66.9 Å². The zero-order chi connectivity index (χ0) is 17.1. The van der Waals surface area contributed by atoms with Crippen LogP contribution in [-0.4, -0.2) is 18.8 Å². The molecule has 0 spiro atoms. The van der Waals surface area contributed by atoms with Crippen molar-refractivity contribution < 1.29 is 21.9 Å². The summed E-state index contributed by atoms with van der Waals surface area (Å²) in [4.78, 5) is 12.3. The maximum absolute atomic E-state index is 12.3. The van der Waals surface area contributed by atoms with E-state index in [1.165, 1.54) is 11.1 Å². The topological polar surface area (TPSA) is 80.7 Å². The molecule has 0 saturated heterocycles. The van der Waals surface area contributed by atoms with Crippen LogP contribution in [0.25, 0.3) is 5.57 Å². The molecule has 0 amide bonds. The van der Waals surface area contributed by atoms with Crippen LogP contribution in [0, 0.1) is 11.3 Å². The molecule has 0 bridgehead atoms. The highest BCUT2D eigenvalue weighted by molar-refractivity contribution is 7.81. The van der Waals surface area contributed by atoms with Crippen molar-refractivity contribution in [1.82, 2.24) is 0 Å². The zero-order valence-corrected chi connectivity index (χ0v) is 14.4. The summed E-state index contributed by atoms with van der Waals surface area (Å²) in [7, 11) is -4.50. The van der Waals surface area contributed by atoms with E-state index in [0.717, 1.165) is 43.2 Å². The first-order valence-corrected chi connectivity index (χ1v) is 9.70. The predicted octanol–water partition coefficient (Wildman–Crippen LogP) is 3.35. The van der Waals surface area contributed by atoms with Crippen LogP contribution in [0.5, 0.6) is 5.75 Å². The van der Waals surface area contributed by atoms with Gasteiger partial charge >= 0.3 is 10.4 Å². The molecule has 24 heavy (non-hydrogen) atoms. The molecule has 1 aromatic carbocycles. The van der Waals surface area contributed by atoms with Crippen molar-refractivity contribution in [3.8, 4) is 5.75 Å². The average molecular weight is 348 g/mol. The van der Waals surface area contributed by atoms with Crippen molar-refractivity contribution in [2.24, 2.45) is 11.3 Å². The number of benzene rings is 1. The Labute approximate surface area is 141 Å². The second-order valence-corrected chi connectivity index (χ2v) is 8.29. The molecule has 128 valence electrons. The Morgan fingerprint density at radius 3 is 2.75 bits per heavy atom. The van der Waals surface area contributed by atoms with E-state index in [1.807, 2.05) is 6.07 Å². The van der Waals surface area contributed by atoms with E-state index in [0.29, 0.717) is 18.1 Å². The summed E-state index contributed by atoms with van der Waals surface area (Å²) in [5.41, 5.74) is 4.74. The van der Waals surface area contributed by atoms with E-state index in [4.69, 9.17) is 4.55 Å². The molecular weight excluding hydrogens is 328 g/mol. The van der Waals surface area contributed by atoms with Crippen LogP contribution in [0.3, 0.4) is 0 Å². The van der Waals surface area contributed by atoms with Crippen LogP contribution >= 0.6 is 0 Å². The highest BCUT2D eigenvalue weighted by Gasteiger charge is 2.50. The number of fused-ring (bicyclic) bond motifs is 4. The monoisotopic (exact) mass is 348 g/mol. The SMILES string of the molecule is C[C@@]12CCC3=C(CCc4cc(OS(=O)(=O)O)ccc43)[C@H]1CCC2=O. The Balaban J connectivity index is 1.74. The molecule has 1 N–H and O–H groups in total. The van der Waals surface area contributed by atoms with Gasteiger partial charge in [-0.1, -0.05) is 18.6 Å². The zero-order valence-electron chi connectivity index (χ0n) is 13.5. The van der Waals surface area contributed by atoms with Gasteiger partial charge in [0, 0.05) is 11.8 Å². The molecule has 6 heteroatoms. The smallest absolute Gasteiger partial charge is 0.362 e. The predicted molar refractivity (Wildman–Crippen MR) is 88.9 cm³/mol. The summed E-state index contributed by atoms with van der Waals surface area (Å²) in [6, 6.07) is 5.15. The average Bonchev–Trinajstić information content (AvgIpc) is 2.81. The first-order chi connectivity index (χ1) is 11.3. The lowest BCUT2D eigenvalue weighted by atomic mass is 9.63. The van der Waals surface area contributed by atoms with Gasteiger partial charge in [-0.3, -0.25) is 9.35 Å². The Hall–Kier alpha value is -1.66. The van der Waals surface area contributed by atoms with Crippen molar-refractivity contribution in [3.05, 3.63) is 34.9 Å². The first-order valence-electron chi connectivity index (χ1n) is 8.33. The van der Waals surface area contributed by atoms with Crippen LogP contribution in [0.15, 0.2) is 23.8 Å². The van der Waals surface area contributed by atoms with Crippen LogP contribution in [0.2, 0.25) is 0 Å². The second-order valence-electron chi connectivity index (χ2n) is 7.27. The standard InChI is InChI=1S/C18H20O5S/c1-18-9-8-14-13-5-3-12(23-24(20,21)22)10-11(13)2-4-15(14)16(18)6-7-17(18)19/h3,5,10,16H,2,4,6-9H2,1H3,(H,20,21,22)/t16-,18-/m1/s1. The molecule has 0 aromatic heterocycles. The molecule has 0 aliphatic heterocycles. The third kappa shape index (κ3) is 2.40. The molecule has 1 fully saturated rings. The van der Waals surface area contributed by atoms with Gasteiger partial charge in [-0.15, -0.1) is 0 Å². The lowest BCUT2D eigenvalue weighted by molar-refractivity contribution is -0.126. The lowest BCUT2D eigenvalue weighted by Gasteiger charge is -2.40. The summed E-state index contributed by atoms with van der Waals surface area (Å²) >= 11 is 0. The number of allylic oxidation sites excluding steroid dienone is 2. The number of carbonyl (C=O) groups excluding carboxylic acids is 1. The highest BCUT2D eigenvalue weighted by Crippen LogP contribution is 2.56. The van der Waals surface area contributed by atoms with E-state index in [-0.39, 0.29) is 11.2 Å². The lowest BCUT2D eigenvalue weighted by Crippen LogP contribution is -2.34. The van der Waals surface area contributed by atoms with Gasteiger partial charge in [-0.2, -0.15) is 8.42 Å². The van der Waals surface area contributed by atoms with Crippen LogP contribution in [0.1, 0.15) is 50.2 Å². The fraction of sp³-hybridized carbons (Fsp3) is 0.500. The van der Waals surface area contributed by atoms with E-state index < -0.39 is 10.4 Å². The minimum absolute atomic E-state index is 0.136. The van der Waals surface area contributed by atoms with E-state index in [2.05, 4.69) is 11.1 Å². The maximum Gasteiger partial charge on any atom is 0.446 e. The number of aryl methyl sites for hydroxylation is 1. The maximum atomic E-state index is 12.3. The number of hydrogen-bond donors (Lipinski definition) is 1. The molecule has 2 atom stereocenters. The summed E-state index contributed by atoms with van der Waals surface area (Å²) in [6.07, 6.45) is 5.12. The van der Waals surface area contributed by atoms with Crippen LogP contribution in [-0.2, 0) is 21.6 Å². The Kier molecular flexibility index (Phi) is 3.41. The molecule has 0 heterocycles. The van der Waals surface area contributed by atoms with Gasteiger partial charge in [0.25, 0.3) is 0 Å². The van der Waals surface area contributed by atoms with E-state index in [9.17, 15) is 13.2 Å². The Morgan fingerprint density at radius 1 is 1.21 bits per heavy atom. The third-order valence-corrected chi connectivity index (χ3v) is 6.44. The normalized spacial score (nSPS) is 29.1. The molecule has 1 saturated carbocycles. The first kappa shape index (κ1) is 15.8. The van der Waals surface area contributed by atoms with E-state index >= 15 is 0 Å². The van der Waals surface area contributed by atoms with Gasteiger partial charge in [0.15, 0.2) is 0 Å². The summed E-state index contributed by atoms with van der Waals surface area (Å²) in [5, 5.41) is 0. The second kappa shape index (κ2) is 5.17. The fourth-order valence-corrected chi connectivity index (χ4v) is 5.20. The largest absolute Gasteiger partial charge is 0.446 e. The van der Waals surface area contributed by atoms with Gasteiger partial charge in [-0.25, -0.2) is 0 Å². The molecular formula is C18H20O5S. The Morgan fingerprint density at radius 2 is 2.00 bits per heavy atom. The number of Topliss-reactive ketones (excluding diaryl/α,β-unsaturated/α-hetero) is 1. The minimum atomic E-state index is -4.50. The summed E-state index contributed by atoms with van der Waals surface area (Å²) < 4.78 is 35.2. The van der Waals surface area contributed by atoms with Crippen molar-refractivity contribution in [3.63, 3.8) is 0 Å². The highest BCUT2D eigenvalue weighted by atomic mass is 32.3. The van der Waals surface area contributed by atoms with Crippen LogP contribution < -0.4 is 4.18 Å². The van der Waals surface area contributed by atoms with Crippen molar-refractivity contribution in [2.45, 2.75) is 45.4 Å². The quantitative estimate of drug-likeness (QED) is 0.829. The number of ketones is 1.